The molecule has 2 nitrogen and oxygen atoms in total. The van der Waals surface area contributed by atoms with E-state index in [0.29, 0.717) is 6.04 Å². The first-order chi connectivity index (χ1) is 4.20. The van der Waals surface area contributed by atoms with E-state index in [0.717, 1.165) is 12.8 Å². The lowest BCUT2D eigenvalue weighted by molar-refractivity contribution is -0.110. The van der Waals surface area contributed by atoms with Gasteiger partial charge in [-0.2, -0.15) is 0 Å². The molecule has 1 heterocycles. The minimum absolute atomic E-state index is 0.139. The van der Waals surface area contributed by atoms with Crippen molar-refractivity contribution < 1.29 is 4.79 Å². The highest BCUT2D eigenvalue weighted by molar-refractivity contribution is 14.1. The third-order valence-corrected chi connectivity index (χ3v) is 2.40. The fourth-order valence-corrected chi connectivity index (χ4v) is 1.60. The average molecular weight is 239 g/mol. The fourth-order valence-electron chi connectivity index (χ4n) is 1.11. The van der Waals surface area contributed by atoms with Gasteiger partial charge >= 0.3 is 0 Å². The molecular weight excluding hydrogens is 229 g/mol. The first kappa shape index (κ1) is 7.47. The second-order valence-corrected chi connectivity index (χ2v) is 3.56. The zero-order chi connectivity index (χ0) is 6.85. The van der Waals surface area contributed by atoms with E-state index in [9.17, 15) is 4.79 Å². The van der Waals surface area contributed by atoms with Gasteiger partial charge in [0.1, 0.15) is 0 Å². The normalized spacial score (nSPS) is 34.9. The molecule has 1 rings (SSSR count). The summed E-state index contributed by atoms with van der Waals surface area (Å²) in [6.07, 6.45) is 2.16. The second kappa shape index (κ2) is 2.96. The van der Waals surface area contributed by atoms with Crippen LogP contribution < -0.4 is 5.32 Å². The maximum absolute atomic E-state index is 10.7. The third kappa shape index (κ3) is 1.89. The Kier molecular flexibility index (Phi) is 2.46. The van der Waals surface area contributed by atoms with Gasteiger partial charge in [-0.15, -0.1) is 0 Å². The highest BCUT2D eigenvalue weighted by Crippen LogP contribution is 2.14. The van der Waals surface area contributed by atoms with E-state index in [1.54, 1.807) is 0 Å². The number of halogens is 1. The Balaban J connectivity index is 2.39. The van der Waals surface area contributed by atoms with Gasteiger partial charge < -0.3 is 5.32 Å². The molecule has 0 spiro atoms. The molecule has 1 aliphatic rings. The molecule has 0 radical (unpaired) electrons. The lowest BCUT2D eigenvalue weighted by atomic mass is 10.2. The Morgan fingerprint density at radius 3 is 2.56 bits per heavy atom. The zero-order valence-corrected chi connectivity index (χ0v) is 7.51. The van der Waals surface area contributed by atoms with Crippen LogP contribution in [0.1, 0.15) is 19.8 Å². The standard InChI is InChI=1S/C6H10INO/c1-4-2-3-5(8-4)6(7)9/h4-5,8H,2-3H2,1H3. The number of hydrogen-bond acceptors (Lipinski definition) is 2. The maximum Gasteiger partial charge on any atom is 0.209 e. The molecular formula is C6H10INO. The van der Waals surface area contributed by atoms with Crippen molar-refractivity contribution in [3.63, 3.8) is 0 Å². The van der Waals surface area contributed by atoms with Crippen molar-refractivity contribution in [2.45, 2.75) is 31.8 Å². The van der Waals surface area contributed by atoms with Crippen molar-refractivity contribution >= 4 is 26.4 Å². The molecule has 52 valence electrons. The topological polar surface area (TPSA) is 29.1 Å². The lowest BCUT2D eigenvalue weighted by Crippen LogP contribution is -2.31. The van der Waals surface area contributed by atoms with Gasteiger partial charge in [-0.25, -0.2) is 0 Å². The van der Waals surface area contributed by atoms with Crippen LogP contribution in [0.25, 0.3) is 0 Å². The van der Waals surface area contributed by atoms with Gasteiger partial charge in [0, 0.05) is 28.6 Å². The molecule has 0 aliphatic carbocycles. The number of nitrogens with one attached hydrogen (secondary N) is 1. The van der Waals surface area contributed by atoms with E-state index in [4.69, 9.17) is 0 Å². The van der Waals surface area contributed by atoms with Crippen molar-refractivity contribution in [2.24, 2.45) is 0 Å². The van der Waals surface area contributed by atoms with Crippen LogP contribution in [0, 0.1) is 0 Å². The molecule has 0 aromatic carbocycles. The monoisotopic (exact) mass is 239 g/mol. The van der Waals surface area contributed by atoms with Crippen molar-refractivity contribution in [2.75, 3.05) is 0 Å². The van der Waals surface area contributed by atoms with Crippen molar-refractivity contribution in [1.29, 1.82) is 0 Å². The summed E-state index contributed by atoms with van der Waals surface area (Å²) < 4.78 is 0.247. The molecule has 0 amide bonds. The first-order valence-electron chi connectivity index (χ1n) is 3.15. The van der Waals surface area contributed by atoms with Gasteiger partial charge in [0.05, 0.1) is 6.04 Å². The number of hydrogen-bond donors (Lipinski definition) is 1. The SMILES string of the molecule is CC1CCC(C(=O)I)N1. The van der Waals surface area contributed by atoms with Gasteiger partial charge in [-0.1, -0.05) is 0 Å². The number of carbonyl (C=O) groups is 1. The summed E-state index contributed by atoms with van der Waals surface area (Å²) in [5.74, 6) is 0. The summed E-state index contributed by atoms with van der Waals surface area (Å²) in [6, 6.07) is 0.675. The predicted molar refractivity (Wildman–Crippen MR) is 44.6 cm³/mol. The number of carbonyl (C=O) groups excluding carboxylic acids is 1. The molecule has 1 fully saturated rings. The van der Waals surface area contributed by atoms with Crippen molar-refractivity contribution in [3.8, 4) is 0 Å². The molecule has 0 bridgehead atoms. The van der Waals surface area contributed by atoms with Gasteiger partial charge in [-0.3, -0.25) is 4.79 Å². The van der Waals surface area contributed by atoms with Crippen LogP contribution in [0.5, 0.6) is 0 Å². The van der Waals surface area contributed by atoms with Crippen LogP contribution >= 0.6 is 22.6 Å². The zero-order valence-electron chi connectivity index (χ0n) is 5.36. The first-order valence-corrected chi connectivity index (χ1v) is 4.23. The van der Waals surface area contributed by atoms with E-state index < -0.39 is 0 Å². The molecule has 1 aliphatic heterocycles. The van der Waals surface area contributed by atoms with Crippen molar-refractivity contribution in [3.05, 3.63) is 0 Å². The third-order valence-electron chi connectivity index (χ3n) is 1.65. The predicted octanol–water partition coefficient (Wildman–Crippen LogP) is 1.09. The molecule has 1 N–H and O–H groups in total. The molecule has 0 aromatic rings. The average Bonchev–Trinajstić information content (AvgIpc) is 2.14. The molecule has 0 saturated carbocycles. The quantitative estimate of drug-likeness (QED) is 0.548. The highest BCUT2D eigenvalue weighted by atomic mass is 127. The maximum atomic E-state index is 10.7. The smallest absolute Gasteiger partial charge is 0.209 e. The Morgan fingerprint density at radius 2 is 2.33 bits per heavy atom. The summed E-state index contributed by atoms with van der Waals surface area (Å²) in [6.45, 7) is 2.11. The Bertz CT molecular complexity index is 126. The largest absolute Gasteiger partial charge is 0.304 e. The van der Waals surface area contributed by atoms with E-state index in [1.807, 2.05) is 22.6 Å². The molecule has 1 saturated heterocycles. The summed E-state index contributed by atoms with van der Waals surface area (Å²) in [5.41, 5.74) is 0. The second-order valence-electron chi connectivity index (χ2n) is 2.50. The summed E-state index contributed by atoms with van der Waals surface area (Å²) in [7, 11) is 0. The van der Waals surface area contributed by atoms with E-state index in [2.05, 4.69) is 12.2 Å². The highest BCUT2D eigenvalue weighted by Gasteiger charge is 2.23. The van der Waals surface area contributed by atoms with Gasteiger partial charge in [0.2, 0.25) is 3.79 Å². The summed E-state index contributed by atoms with van der Waals surface area (Å²) in [5, 5.41) is 3.20. The summed E-state index contributed by atoms with van der Waals surface area (Å²) in [4.78, 5) is 10.7. The number of rotatable bonds is 1. The van der Waals surface area contributed by atoms with Crippen LogP contribution in [0.3, 0.4) is 0 Å². The lowest BCUT2D eigenvalue weighted by Gasteiger charge is -2.04. The molecule has 3 heteroatoms. The Morgan fingerprint density at radius 1 is 1.67 bits per heavy atom. The van der Waals surface area contributed by atoms with Gasteiger partial charge in [0.15, 0.2) is 0 Å². The Labute approximate surface area is 68.5 Å². The molecule has 2 unspecified atom stereocenters. The minimum Gasteiger partial charge on any atom is -0.304 e. The van der Waals surface area contributed by atoms with E-state index in [1.165, 1.54) is 0 Å². The fraction of sp³-hybridized carbons (Fsp3) is 0.833. The molecule has 9 heavy (non-hydrogen) atoms. The van der Waals surface area contributed by atoms with Crippen molar-refractivity contribution in [1.82, 2.24) is 5.32 Å². The minimum atomic E-state index is 0.139. The van der Waals surface area contributed by atoms with E-state index >= 15 is 0 Å². The summed E-state index contributed by atoms with van der Waals surface area (Å²) >= 11 is 1.85. The van der Waals surface area contributed by atoms with Crippen LogP contribution in [0.15, 0.2) is 0 Å². The van der Waals surface area contributed by atoms with Crippen LogP contribution in [-0.2, 0) is 4.79 Å². The van der Waals surface area contributed by atoms with Gasteiger partial charge in [0.25, 0.3) is 0 Å². The van der Waals surface area contributed by atoms with Crippen LogP contribution in [0.2, 0.25) is 0 Å². The molecule has 0 aromatic heterocycles. The van der Waals surface area contributed by atoms with Crippen LogP contribution in [-0.4, -0.2) is 15.9 Å². The van der Waals surface area contributed by atoms with E-state index in [-0.39, 0.29) is 9.83 Å². The molecule has 2 atom stereocenters. The van der Waals surface area contributed by atoms with Crippen LogP contribution in [0.4, 0.5) is 0 Å². The van der Waals surface area contributed by atoms with Gasteiger partial charge in [-0.05, 0) is 19.8 Å². The Hall–Kier alpha value is 0.360.